The quantitative estimate of drug-likeness (QED) is 0.832. The Hall–Kier alpha value is -0.770. The molecule has 116 valence electrons. The highest BCUT2D eigenvalue weighted by Gasteiger charge is 2.31. The van der Waals surface area contributed by atoms with E-state index in [-0.39, 0.29) is 18.6 Å². The van der Waals surface area contributed by atoms with Crippen LogP contribution in [0.25, 0.3) is 0 Å². The van der Waals surface area contributed by atoms with Gasteiger partial charge in [-0.15, -0.1) is 0 Å². The molecule has 2 fully saturated rings. The van der Waals surface area contributed by atoms with Crippen LogP contribution < -0.4 is 5.32 Å². The van der Waals surface area contributed by atoms with Crippen molar-refractivity contribution in [3.05, 3.63) is 0 Å². The zero-order valence-corrected chi connectivity index (χ0v) is 13.0. The highest BCUT2D eigenvalue weighted by molar-refractivity contribution is 5.74. The first-order valence-corrected chi connectivity index (χ1v) is 8.23. The molecule has 0 aromatic rings. The van der Waals surface area contributed by atoms with Crippen molar-refractivity contribution in [3.8, 4) is 0 Å². The number of carbonyl (C=O) groups is 1. The van der Waals surface area contributed by atoms with Crippen LogP contribution in [0.3, 0.4) is 0 Å². The van der Waals surface area contributed by atoms with Crippen molar-refractivity contribution in [3.63, 3.8) is 0 Å². The molecule has 0 radical (unpaired) electrons. The molecule has 4 heteroatoms. The van der Waals surface area contributed by atoms with Crippen LogP contribution in [-0.4, -0.2) is 42.3 Å². The van der Waals surface area contributed by atoms with Gasteiger partial charge in [-0.05, 0) is 30.6 Å². The average molecular weight is 282 g/mol. The van der Waals surface area contributed by atoms with Gasteiger partial charge in [0.05, 0.1) is 0 Å². The van der Waals surface area contributed by atoms with Crippen LogP contribution in [0.15, 0.2) is 0 Å². The fraction of sp³-hybridized carbons (Fsp3) is 0.938. The van der Waals surface area contributed by atoms with E-state index in [2.05, 4.69) is 19.2 Å². The Kier molecular flexibility index (Phi) is 5.70. The molecule has 1 aliphatic carbocycles. The predicted octanol–water partition coefficient (Wildman–Crippen LogP) is 2.47. The van der Waals surface area contributed by atoms with Gasteiger partial charge in [0.1, 0.15) is 0 Å². The molecule has 0 unspecified atom stereocenters. The van der Waals surface area contributed by atoms with Crippen molar-refractivity contribution in [2.75, 3.05) is 26.2 Å². The fourth-order valence-electron chi connectivity index (χ4n) is 3.75. The Morgan fingerprint density at radius 2 is 2.10 bits per heavy atom. The molecule has 0 spiro atoms. The van der Waals surface area contributed by atoms with Crippen LogP contribution in [0.2, 0.25) is 0 Å². The van der Waals surface area contributed by atoms with Crippen molar-refractivity contribution in [2.24, 2.45) is 23.7 Å². The summed E-state index contributed by atoms with van der Waals surface area (Å²) in [6.45, 7) is 6.90. The van der Waals surface area contributed by atoms with Crippen LogP contribution in [0.5, 0.6) is 0 Å². The molecule has 0 aromatic heterocycles. The lowest BCUT2D eigenvalue weighted by atomic mass is 9.81. The van der Waals surface area contributed by atoms with Crippen molar-refractivity contribution in [2.45, 2.75) is 46.0 Å². The molecule has 0 aromatic carbocycles. The Labute approximate surface area is 122 Å². The van der Waals surface area contributed by atoms with Gasteiger partial charge in [-0.25, -0.2) is 4.79 Å². The Bertz CT molecular complexity index is 322. The van der Waals surface area contributed by atoms with E-state index in [1.807, 2.05) is 4.90 Å². The zero-order chi connectivity index (χ0) is 14.5. The normalized spacial score (nSPS) is 34.2. The number of likely N-dealkylation sites (tertiary alicyclic amines) is 1. The molecule has 2 rings (SSSR count). The Balaban J connectivity index is 1.65. The molecule has 20 heavy (non-hydrogen) atoms. The van der Waals surface area contributed by atoms with E-state index in [9.17, 15) is 9.90 Å². The molecule has 2 N–H and O–H groups in total. The smallest absolute Gasteiger partial charge is 0.317 e. The van der Waals surface area contributed by atoms with E-state index in [0.29, 0.717) is 12.5 Å². The van der Waals surface area contributed by atoms with Crippen LogP contribution in [0.1, 0.15) is 46.0 Å². The summed E-state index contributed by atoms with van der Waals surface area (Å²) in [7, 11) is 0. The number of hydrogen-bond acceptors (Lipinski definition) is 2. The summed E-state index contributed by atoms with van der Waals surface area (Å²) in [4.78, 5) is 13.9. The number of aliphatic hydroxyl groups is 1. The first-order valence-electron chi connectivity index (χ1n) is 8.23. The van der Waals surface area contributed by atoms with Gasteiger partial charge in [0, 0.05) is 32.2 Å². The lowest BCUT2D eigenvalue weighted by Gasteiger charge is -2.27. The highest BCUT2D eigenvalue weighted by atomic mass is 16.3. The molecule has 4 nitrogen and oxygen atoms in total. The number of nitrogens with one attached hydrogen (secondary N) is 1. The maximum Gasteiger partial charge on any atom is 0.317 e. The molecular formula is C16H30N2O2. The fourth-order valence-corrected chi connectivity index (χ4v) is 3.75. The van der Waals surface area contributed by atoms with Crippen LogP contribution >= 0.6 is 0 Å². The largest absolute Gasteiger partial charge is 0.396 e. The van der Waals surface area contributed by atoms with E-state index < -0.39 is 0 Å². The first kappa shape index (κ1) is 15.6. The van der Waals surface area contributed by atoms with Gasteiger partial charge in [0.25, 0.3) is 0 Å². The molecule has 1 aliphatic heterocycles. The number of carbonyl (C=O) groups excluding carboxylic acids is 1. The van der Waals surface area contributed by atoms with Gasteiger partial charge in [-0.3, -0.25) is 0 Å². The monoisotopic (exact) mass is 282 g/mol. The summed E-state index contributed by atoms with van der Waals surface area (Å²) in [5.41, 5.74) is 0. The molecule has 1 saturated carbocycles. The van der Waals surface area contributed by atoms with Crippen LogP contribution in [0.4, 0.5) is 4.79 Å². The second-order valence-corrected chi connectivity index (χ2v) is 6.98. The second-order valence-electron chi connectivity index (χ2n) is 6.98. The summed E-state index contributed by atoms with van der Waals surface area (Å²) in [5, 5.41) is 12.3. The van der Waals surface area contributed by atoms with Gasteiger partial charge in [-0.1, -0.05) is 33.1 Å². The molecule has 0 bridgehead atoms. The summed E-state index contributed by atoms with van der Waals surface area (Å²) >= 11 is 0. The SMILES string of the molecule is C[C@@H]1CCC[C@@H](CCNC(=O)N2C[C@@H](CO)[C@H](C)C2)C1. The van der Waals surface area contributed by atoms with Crippen LogP contribution in [-0.2, 0) is 0 Å². The van der Waals surface area contributed by atoms with Gasteiger partial charge < -0.3 is 15.3 Å². The van der Waals surface area contributed by atoms with Crippen molar-refractivity contribution >= 4 is 6.03 Å². The third-order valence-electron chi connectivity index (χ3n) is 5.16. The van der Waals surface area contributed by atoms with Crippen molar-refractivity contribution in [1.82, 2.24) is 10.2 Å². The number of rotatable bonds is 4. The number of urea groups is 1. The standard InChI is InChI=1S/C16H30N2O2/c1-12-4-3-5-14(8-12)6-7-17-16(20)18-9-13(2)15(10-18)11-19/h12-15,19H,3-11H2,1-2H3,(H,17,20)/t12-,13-,14+,15+/m1/s1. The molecule has 4 atom stereocenters. The number of amides is 2. The molecule has 2 amide bonds. The first-order chi connectivity index (χ1) is 9.60. The molecular weight excluding hydrogens is 252 g/mol. The number of hydrogen-bond donors (Lipinski definition) is 2. The average Bonchev–Trinajstić information content (AvgIpc) is 2.80. The van der Waals surface area contributed by atoms with Crippen LogP contribution in [0, 0.1) is 23.7 Å². The predicted molar refractivity (Wildman–Crippen MR) is 80.5 cm³/mol. The summed E-state index contributed by atoms with van der Waals surface area (Å²) in [5.74, 6) is 2.31. The minimum atomic E-state index is 0.0525. The highest BCUT2D eigenvalue weighted by Crippen LogP contribution is 2.30. The zero-order valence-electron chi connectivity index (χ0n) is 13.0. The molecule has 1 heterocycles. The molecule has 2 aliphatic rings. The third-order valence-corrected chi connectivity index (χ3v) is 5.16. The third kappa shape index (κ3) is 4.11. The van der Waals surface area contributed by atoms with Gasteiger partial charge >= 0.3 is 6.03 Å². The van der Waals surface area contributed by atoms with E-state index >= 15 is 0 Å². The van der Waals surface area contributed by atoms with E-state index in [4.69, 9.17) is 0 Å². The topological polar surface area (TPSA) is 52.6 Å². The number of nitrogens with zero attached hydrogens (tertiary/aromatic N) is 1. The summed E-state index contributed by atoms with van der Waals surface area (Å²) in [6.07, 6.45) is 6.48. The Morgan fingerprint density at radius 1 is 1.30 bits per heavy atom. The van der Waals surface area contributed by atoms with E-state index in [1.165, 1.54) is 25.7 Å². The maximum absolute atomic E-state index is 12.1. The van der Waals surface area contributed by atoms with Gasteiger partial charge in [-0.2, -0.15) is 0 Å². The van der Waals surface area contributed by atoms with Crippen molar-refractivity contribution < 1.29 is 9.90 Å². The van der Waals surface area contributed by atoms with E-state index in [0.717, 1.165) is 31.3 Å². The second kappa shape index (κ2) is 7.30. The number of aliphatic hydroxyl groups excluding tert-OH is 1. The minimum Gasteiger partial charge on any atom is -0.396 e. The lowest BCUT2D eigenvalue weighted by molar-refractivity contribution is 0.194. The van der Waals surface area contributed by atoms with Gasteiger partial charge in [0.15, 0.2) is 0 Å². The maximum atomic E-state index is 12.1. The minimum absolute atomic E-state index is 0.0525. The Morgan fingerprint density at radius 3 is 2.75 bits per heavy atom. The summed E-state index contributed by atoms with van der Waals surface area (Å²) in [6, 6.07) is 0.0525. The molecule has 1 saturated heterocycles. The van der Waals surface area contributed by atoms with Gasteiger partial charge in [0.2, 0.25) is 0 Å². The van der Waals surface area contributed by atoms with E-state index in [1.54, 1.807) is 0 Å². The van der Waals surface area contributed by atoms with Crippen molar-refractivity contribution in [1.29, 1.82) is 0 Å². The summed E-state index contributed by atoms with van der Waals surface area (Å²) < 4.78 is 0. The lowest BCUT2D eigenvalue weighted by Crippen LogP contribution is -2.39.